The van der Waals surface area contributed by atoms with E-state index < -0.39 is 31.7 Å². The van der Waals surface area contributed by atoms with Crippen molar-refractivity contribution in [3.8, 4) is 0 Å². The average Bonchev–Trinajstić information content (AvgIpc) is 2.28. The first-order valence-corrected chi connectivity index (χ1v) is 7.77. The number of rotatable bonds is 4. The zero-order valence-corrected chi connectivity index (χ0v) is 12.0. The van der Waals surface area contributed by atoms with Gasteiger partial charge in [0.15, 0.2) is 0 Å². The van der Waals surface area contributed by atoms with E-state index in [0.717, 1.165) is 0 Å². The van der Waals surface area contributed by atoms with E-state index in [9.17, 15) is 0 Å². The van der Waals surface area contributed by atoms with Crippen molar-refractivity contribution in [1.29, 1.82) is 0 Å². The van der Waals surface area contributed by atoms with E-state index in [1.165, 1.54) is 28.4 Å². The van der Waals surface area contributed by atoms with Crippen molar-refractivity contribution >= 4 is 33.3 Å². The van der Waals surface area contributed by atoms with Crippen LogP contribution in [-0.2, 0) is 35.6 Å². The van der Waals surface area contributed by atoms with Crippen LogP contribution in [-0.4, -0.2) is 53.1 Å². The molecule has 0 spiro atoms. The van der Waals surface area contributed by atoms with E-state index in [2.05, 4.69) is 18.6 Å². The standard InChI is InChI=1S/2C2H7BO3.2ClH.Ti/c2*1-5-3(4)6-2;;;/h2*4H,1-2H3;2*1H;/q;;;;+2/p-2. The minimum atomic E-state index is -1.06. The summed E-state index contributed by atoms with van der Waals surface area (Å²) in [6.45, 7) is 0. The maximum absolute atomic E-state index is 8.22. The molecule has 0 aromatic heterocycles. The van der Waals surface area contributed by atoms with E-state index in [4.69, 9.17) is 28.7 Å². The van der Waals surface area contributed by atoms with Gasteiger partial charge in [0, 0.05) is 28.4 Å². The molecule has 0 aliphatic heterocycles. The van der Waals surface area contributed by atoms with Gasteiger partial charge in [-0.15, -0.1) is 0 Å². The second kappa shape index (κ2) is 20.6. The molecular weight excluding hydrogens is 284 g/mol. The van der Waals surface area contributed by atoms with Crippen molar-refractivity contribution in [2.75, 3.05) is 28.4 Å². The molecule has 11 heteroatoms. The van der Waals surface area contributed by atoms with Gasteiger partial charge < -0.3 is 28.7 Å². The van der Waals surface area contributed by atoms with Crippen LogP contribution in [0, 0.1) is 0 Å². The zero-order chi connectivity index (χ0) is 12.7. The van der Waals surface area contributed by atoms with E-state index in [1.54, 1.807) is 0 Å². The Hall–Kier alpha value is 1.18. The maximum atomic E-state index is 8.22. The van der Waals surface area contributed by atoms with Gasteiger partial charge in [-0.1, -0.05) is 0 Å². The number of hydrogen-bond donors (Lipinski definition) is 2. The van der Waals surface area contributed by atoms with Gasteiger partial charge in [-0.25, -0.2) is 0 Å². The Labute approximate surface area is 107 Å². The van der Waals surface area contributed by atoms with E-state index in [-0.39, 0.29) is 0 Å². The van der Waals surface area contributed by atoms with Gasteiger partial charge in [0.1, 0.15) is 0 Å². The monoisotopic (exact) mass is 298 g/mol. The number of hydrogen-bond acceptors (Lipinski definition) is 6. The van der Waals surface area contributed by atoms with Crippen molar-refractivity contribution in [1.82, 2.24) is 0 Å². The molecule has 0 unspecified atom stereocenters. The first-order chi connectivity index (χ1) is 7.03. The minimum absolute atomic E-state index is 0.556. The summed E-state index contributed by atoms with van der Waals surface area (Å²) in [5.74, 6) is 0. The van der Waals surface area contributed by atoms with Gasteiger partial charge in [0.2, 0.25) is 0 Å². The summed E-state index contributed by atoms with van der Waals surface area (Å²) in [6, 6.07) is 0. The van der Waals surface area contributed by atoms with Crippen LogP contribution in [0.5, 0.6) is 0 Å². The Morgan fingerprint density at radius 1 is 0.800 bits per heavy atom. The summed E-state index contributed by atoms with van der Waals surface area (Å²) >= 11 is -0.556. The van der Waals surface area contributed by atoms with Crippen LogP contribution < -0.4 is 0 Å². The van der Waals surface area contributed by atoms with Crippen molar-refractivity contribution in [2.24, 2.45) is 0 Å². The molecular formula is C4H14B2Cl2O6Ti. The van der Waals surface area contributed by atoms with Crippen LogP contribution in [0.3, 0.4) is 0 Å². The third-order valence-corrected chi connectivity index (χ3v) is 0.807. The Morgan fingerprint density at radius 3 is 0.933 bits per heavy atom. The predicted molar refractivity (Wildman–Crippen MR) is 55.7 cm³/mol. The van der Waals surface area contributed by atoms with Crippen molar-refractivity contribution in [2.45, 2.75) is 0 Å². The summed E-state index contributed by atoms with van der Waals surface area (Å²) in [5.41, 5.74) is 0. The molecule has 0 radical (unpaired) electrons. The van der Waals surface area contributed by atoms with E-state index in [1.807, 2.05) is 0 Å². The van der Waals surface area contributed by atoms with Gasteiger partial charge in [0.25, 0.3) is 0 Å². The molecule has 0 atom stereocenters. The molecule has 0 rings (SSSR count). The molecule has 0 aliphatic carbocycles. The predicted octanol–water partition coefficient (Wildman–Crippen LogP) is -0.111. The third-order valence-electron chi connectivity index (χ3n) is 0.807. The second-order valence-corrected chi connectivity index (χ2v) is 4.21. The van der Waals surface area contributed by atoms with Crippen molar-refractivity contribution < 1.29 is 45.7 Å². The molecule has 0 fully saturated rings. The second-order valence-electron chi connectivity index (χ2n) is 1.63. The quantitative estimate of drug-likeness (QED) is 0.705. The first kappa shape index (κ1) is 21.5. The molecule has 0 aromatic rings. The van der Waals surface area contributed by atoms with Crippen LogP contribution in [0.15, 0.2) is 0 Å². The van der Waals surface area contributed by atoms with E-state index in [0.29, 0.717) is 0 Å². The summed E-state index contributed by atoms with van der Waals surface area (Å²) in [4.78, 5) is 0. The number of halogens is 2. The normalized spacial score (nSPS) is 7.73. The average molecular weight is 299 g/mol. The molecule has 0 aliphatic rings. The van der Waals surface area contributed by atoms with E-state index >= 15 is 0 Å². The Kier molecular flexibility index (Phi) is 29.4. The fourth-order valence-corrected chi connectivity index (χ4v) is 0.192. The Balaban J connectivity index is -0.000000153. The molecule has 6 nitrogen and oxygen atoms in total. The van der Waals surface area contributed by atoms with Crippen molar-refractivity contribution in [3.63, 3.8) is 0 Å². The SMILES string of the molecule is COB(O)OC.COB(O)OC.[Cl][Ti][Cl]. The fourth-order valence-electron chi connectivity index (χ4n) is 0.192. The Morgan fingerprint density at radius 2 is 0.933 bits per heavy atom. The van der Waals surface area contributed by atoms with Gasteiger partial charge >= 0.3 is 50.3 Å². The molecule has 0 amide bonds. The van der Waals surface area contributed by atoms with Gasteiger partial charge in [0.05, 0.1) is 0 Å². The zero-order valence-electron chi connectivity index (χ0n) is 8.94. The van der Waals surface area contributed by atoms with Crippen LogP contribution in [0.2, 0.25) is 0 Å². The first-order valence-electron chi connectivity index (χ1n) is 3.47. The molecule has 2 N–H and O–H groups in total. The summed E-state index contributed by atoms with van der Waals surface area (Å²) in [5, 5.41) is 16.4. The van der Waals surface area contributed by atoms with Crippen molar-refractivity contribution in [3.05, 3.63) is 0 Å². The summed E-state index contributed by atoms with van der Waals surface area (Å²) in [6.07, 6.45) is 0. The summed E-state index contributed by atoms with van der Waals surface area (Å²) in [7, 11) is 13.1. The molecule has 0 saturated carbocycles. The van der Waals surface area contributed by atoms with Crippen LogP contribution in [0.4, 0.5) is 0 Å². The van der Waals surface area contributed by atoms with Crippen LogP contribution >= 0.6 is 18.6 Å². The molecule has 0 bridgehead atoms. The molecule has 0 aromatic carbocycles. The molecule has 90 valence electrons. The third kappa shape index (κ3) is 31.3. The summed E-state index contributed by atoms with van der Waals surface area (Å²) < 4.78 is 16.9. The van der Waals surface area contributed by atoms with Crippen LogP contribution in [0.25, 0.3) is 0 Å². The van der Waals surface area contributed by atoms with Gasteiger partial charge in [-0.3, -0.25) is 0 Å². The van der Waals surface area contributed by atoms with Gasteiger partial charge in [-0.05, 0) is 0 Å². The molecule has 0 saturated heterocycles. The Bertz CT molecular complexity index is 89.2. The molecule has 15 heavy (non-hydrogen) atoms. The van der Waals surface area contributed by atoms with Gasteiger partial charge in [-0.2, -0.15) is 0 Å². The topological polar surface area (TPSA) is 77.4 Å². The van der Waals surface area contributed by atoms with Crippen LogP contribution in [0.1, 0.15) is 0 Å². The molecule has 0 heterocycles. The fraction of sp³-hybridized carbons (Fsp3) is 1.00.